The Bertz CT molecular complexity index is 531. The number of rotatable bonds is 1. The molecule has 5 heteroatoms. The lowest BCUT2D eigenvalue weighted by Gasteiger charge is -2.15. The quantitative estimate of drug-likeness (QED) is 0.726. The molecule has 0 saturated heterocycles. The Kier molecular flexibility index (Phi) is 2.47. The van der Waals surface area contributed by atoms with Crippen LogP contribution in [0.5, 0.6) is 11.5 Å². The van der Waals surface area contributed by atoms with Crippen molar-refractivity contribution in [3.63, 3.8) is 0 Å². The van der Waals surface area contributed by atoms with Crippen molar-refractivity contribution < 1.29 is 19.8 Å². The number of fused-ring (bicyclic) bond motifs is 1. The third kappa shape index (κ3) is 1.40. The van der Waals surface area contributed by atoms with E-state index in [4.69, 9.17) is 0 Å². The van der Waals surface area contributed by atoms with Crippen molar-refractivity contribution in [1.29, 1.82) is 0 Å². The minimum absolute atomic E-state index is 0.114. The molecule has 82 valence electrons. The number of aromatic hydroxyl groups is 2. The molecule has 0 aromatic heterocycles. The Balaban J connectivity index is 2.75. The Labute approximate surface area is 95.6 Å². The molecule has 2 N–H and O–H groups in total. The van der Waals surface area contributed by atoms with E-state index in [1.165, 1.54) is 18.2 Å². The molecule has 0 unspecified atom stereocenters. The number of carbonyl (C=O) groups is 2. The maximum absolute atomic E-state index is 11.9. The van der Waals surface area contributed by atoms with Crippen LogP contribution >= 0.6 is 11.8 Å². The number of phenols is 2. The van der Waals surface area contributed by atoms with Gasteiger partial charge in [0.1, 0.15) is 11.5 Å². The number of thioether (sulfide) groups is 1. The van der Waals surface area contributed by atoms with E-state index in [2.05, 4.69) is 0 Å². The minimum atomic E-state index is -0.465. The van der Waals surface area contributed by atoms with Gasteiger partial charge >= 0.3 is 0 Å². The monoisotopic (exact) mass is 236 g/mol. The number of carbonyl (C=O) groups excluding carboxylic acids is 2. The number of hydrogen-bond donors (Lipinski definition) is 2. The van der Waals surface area contributed by atoms with E-state index in [-0.39, 0.29) is 27.5 Å². The molecule has 0 spiro atoms. The second kappa shape index (κ2) is 3.68. The van der Waals surface area contributed by atoms with Crippen LogP contribution in [0.25, 0.3) is 0 Å². The third-order valence-corrected chi connectivity index (χ3v) is 3.08. The molecular weight excluding hydrogens is 228 g/mol. The van der Waals surface area contributed by atoms with Gasteiger partial charge in [0.2, 0.25) is 5.78 Å². The third-order valence-electron chi connectivity index (χ3n) is 2.34. The lowest BCUT2D eigenvalue weighted by atomic mass is 9.93. The van der Waals surface area contributed by atoms with E-state index in [1.807, 2.05) is 0 Å². The van der Waals surface area contributed by atoms with Gasteiger partial charge in [0.15, 0.2) is 5.78 Å². The molecule has 0 saturated carbocycles. The second-order valence-corrected chi connectivity index (χ2v) is 4.11. The van der Waals surface area contributed by atoms with Crippen LogP contribution in [0.15, 0.2) is 23.1 Å². The molecule has 1 aromatic carbocycles. The summed E-state index contributed by atoms with van der Waals surface area (Å²) in [4.78, 5) is 23.8. The van der Waals surface area contributed by atoms with Crippen molar-refractivity contribution in [3.05, 3.63) is 34.2 Å². The molecule has 0 bridgehead atoms. The lowest BCUT2D eigenvalue weighted by molar-refractivity contribution is 0.0986. The molecule has 0 aliphatic heterocycles. The van der Waals surface area contributed by atoms with Gasteiger partial charge in [-0.3, -0.25) is 9.59 Å². The van der Waals surface area contributed by atoms with Crippen LogP contribution < -0.4 is 0 Å². The first-order chi connectivity index (χ1) is 7.56. The number of benzene rings is 1. The van der Waals surface area contributed by atoms with Crippen molar-refractivity contribution in [2.24, 2.45) is 0 Å². The van der Waals surface area contributed by atoms with E-state index in [9.17, 15) is 19.8 Å². The summed E-state index contributed by atoms with van der Waals surface area (Å²) in [5.41, 5.74) is -0.236. The zero-order valence-corrected chi connectivity index (χ0v) is 9.17. The smallest absolute Gasteiger partial charge is 0.204 e. The summed E-state index contributed by atoms with van der Waals surface area (Å²) in [6.07, 6.45) is 2.84. The predicted octanol–water partition coefficient (Wildman–Crippen LogP) is 1.72. The van der Waals surface area contributed by atoms with Gasteiger partial charge in [-0.15, -0.1) is 11.8 Å². The topological polar surface area (TPSA) is 74.6 Å². The molecule has 0 heterocycles. The molecule has 0 fully saturated rings. The number of ketones is 2. The molecule has 16 heavy (non-hydrogen) atoms. The average molecular weight is 236 g/mol. The number of hydrogen-bond acceptors (Lipinski definition) is 5. The van der Waals surface area contributed by atoms with Crippen LogP contribution in [0.3, 0.4) is 0 Å². The van der Waals surface area contributed by atoms with E-state index in [0.717, 1.165) is 11.8 Å². The highest BCUT2D eigenvalue weighted by Crippen LogP contribution is 2.36. The summed E-state index contributed by atoms with van der Waals surface area (Å²) >= 11 is 1.13. The number of Topliss-reactive ketones (excluding diaryl/α,β-unsaturated/α-hetero) is 1. The van der Waals surface area contributed by atoms with Gasteiger partial charge < -0.3 is 10.2 Å². The molecule has 4 nitrogen and oxygen atoms in total. The van der Waals surface area contributed by atoms with Crippen molar-refractivity contribution >= 4 is 23.3 Å². The Morgan fingerprint density at radius 2 is 1.62 bits per heavy atom. The highest BCUT2D eigenvalue weighted by molar-refractivity contribution is 8.03. The highest BCUT2D eigenvalue weighted by Gasteiger charge is 2.30. The molecule has 0 atom stereocenters. The SMILES string of the molecule is CSC1=CC(=O)c2c(O)ccc(O)c2C1=O. The van der Waals surface area contributed by atoms with Gasteiger partial charge in [-0.25, -0.2) is 0 Å². The van der Waals surface area contributed by atoms with Crippen molar-refractivity contribution in [2.75, 3.05) is 6.26 Å². The molecule has 1 aliphatic carbocycles. The molecule has 0 radical (unpaired) electrons. The first-order valence-corrected chi connectivity index (χ1v) is 5.68. The van der Waals surface area contributed by atoms with Gasteiger partial charge in [-0.05, 0) is 18.4 Å². The van der Waals surface area contributed by atoms with Crippen LogP contribution in [0.1, 0.15) is 20.7 Å². The van der Waals surface area contributed by atoms with Crippen molar-refractivity contribution in [3.8, 4) is 11.5 Å². The van der Waals surface area contributed by atoms with E-state index < -0.39 is 11.6 Å². The Morgan fingerprint density at radius 3 is 2.19 bits per heavy atom. The summed E-state index contributed by atoms with van der Waals surface area (Å²) < 4.78 is 0. The van der Waals surface area contributed by atoms with Gasteiger partial charge in [0.05, 0.1) is 16.0 Å². The fourth-order valence-corrected chi connectivity index (χ4v) is 2.10. The zero-order valence-electron chi connectivity index (χ0n) is 8.35. The highest BCUT2D eigenvalue weighted by atomic mass is 32.2. The fraction of sp³-hybridized carbons (Fsp3) is 0.0909. The summed E-state index contributed by atoms with van der Waals surface area (Å²) in [6, 6.07) is 2.39. The summed E-state index contributed by atoms with van der Waals surface area (Å²) in [5, 5.41) is 19.1. The van der Waals surface area contributed by atoms with Crippen LogP contribution in [0.4, 0.5) is 0 Å². The number of allylic oxidation sites excluding steroid dienone is 2. The zero-order chi connectivity index (χ0) is 11.9. The van der Waals surface area contributed by atoms with Crippen LogP contribution in [0.2, 0.25) is 0 Å². The van der Waals surface area contributed by atoms with E-state index >= 15 is 0 Å². The van der Waals surface area contributed by atoms with Crippen LogP contribution in [-0.4, -0.2) is 28.0 Å². The summed E-state index contributed by atoms with van der Waals surface area (Å²) in [6.45, 7) is 0. The standard InChI is InChI=1S/C11H8O4S/c1-16-8-4-7(14)9-5(12)2-3-6(13)10(9)11(8)15/h2-4,12-13H,1H3. The maximum atomic E-state index is 11.9. The molecule has 0 amide bonds. The Morgan fingerprint density at radius 1 is 1.06 bits per heavy atom. The second-order valence-electron chi connectivity index (χ2n) is 3.26. The summed E-state index contributed by atoms with van der Waals surface area (Å²) in [7, 11) is 0. The van der Waals surface area contributed by atoms with Crippen LogP contribution in [-0.2, 0) is 0 Å². The maximum Gasteiger partial charge on any atom is 0.204 e. The van der Waals surface area contributed by atoms with Gasteiger partial charge in [-0.1, -0.05) is 0 Å². The first-order valence-electron chi connectivity index (χ1n) is 4.46. The molecule has 2 rings (SSSR count). The number of phenolic OH excluding ortho intramolecular Hbond substituents is 2. The first kappa shape index (κ1) is 10.8. The normalized spacial score (nSPS) is 14.7. The van der Waals surface area contributed by atoms with Gasteiger partial charge in [-0.2, -0.15) is 0 Å². The predicted molar refractivity (Wildman–Crippen MR) is 60.0 cm³/mol. The molecule has 1 aromatic rings. The average Bonchev–Trinajstić information content (AvgIpc) is 2.26. The van der Waals surface area contributed by atoms with Crippen LogP contribution in [0, 0.1) is 0 Å². The van der Waals surface area contributed by atoms with Crippen molar-refractivity contribution in [1.82, 2.24) is 0 Å². The van der Waals surface area contributed by atoms with Gasteiger partial charge in [0, 0.05) is 6.08 Å². The lowest BCUT2D eigenvalue weighted by Crippen LogP contribution is -2.15. The fourth-order valence-electron chi connectivity index (χ4n) is 1.59. The van der Waals surface area contributed by atoms with E-state index in [1.54, 1.807) is 6.26 Å². The van der Waals surface area contributed by atoms with E-state index in [0.29, 0.717) is 0 Å². The van der Waals surface area contributed by atoms with Gasteiger partial charge in [0.25, 0.3) is 0 Å². The molecule has 1 aliphatic rings. The largest absolute Gasteiger partial charge is 0.507 e. The molecular formula is C11H8O4S. The Hall–Kier alpha value is -1.75. The summed E-state index contributed by atoms with van der Waals surface area (Å²) in [5.74, 6) is -1.48. The minimum Gasteiger partial charge on any atom is -0.507 e. The van der Waals surface area contributed by atoms with Crippen molar-refractivity contribution in [2.45, 2.75) is 0 Å².